The van der Waals surface area contributed by atoms with Gasteiger partial charge in [-0.15, -0.1) is 0 Å². The van der Waals surface area contributed by atoms with Gasteiger partial charge >= 0.3 is 0 Å². The first kappa shape index (κ1) is 19.6. The standard InChI is InChI=1S/C22H30ClFO3/c23-20-13-16(3-11-21(20)24)14-25-19-9-7-18(8-10-19)17-5-1-15(2-6-17)4-12-22-26-27-22/h3,11,13,15,17-19,22H,1-2,4-10,12,14H2. The van der Waals surface area contributed by atoms with Crippen LogP contribution in [0.2, 0.25) is 5.02 Å². The molecule has 150 valence electrons. The molecule has 0 N–H and O–H groups in total. The molecule has 2 saturated carbocycles. The van der Waals surface area contributed by atoms with Crippen molar-refractivity contribution in [2.45, 2.75) is 83.2 Å². The molecule has 0 radical (unpaired) electrons. The summed E-state index contributed by atoms with van der Waals surface area (Å²) in [6.45, 7) is 0.523. The molecule has 0 unspecified atom stereocenters. The lowest BCUT2D eigenvalue weighted by Crippen LogP contribution is -2.28. The van der Waals surface area contributed by atoms with E-state index < -0.39 is 0 Å². The molecule has 2 aliphatic carbocycles. The molecule has 3 aliphatic rings. The molecule has 3 nitrogen and oxygen atoms in total. The smallest absolute Gasteiger partial charge is 0.224 e. The minimum Gasteiger partial charge on any atom is -0.374 e. The lowest BCUT2D eigenvalue weighted by molar-refractivity contribution is -0.00288. The minimum absolute atomic E-state index is 0.101. The Morgan fingerprint density at radius 2 is 1.59 bits per heavy atom. The van der Waals surface area contributed by atoms with Crippen molar-refractivity contribution in [1.29, 1.82) is 0 Å². The first-order chi connectivity index (χ1) is 13.2. The van der Waals surface area contributed by atoms with Gasteiger partial charge in [-0.05, 0) is 80.4 Å². The first-order valence-corrected chi connectivity index (χ1v) is 10.9. The van der Waals surface area contributed by atoms with Gasteiger partial charge in [-0.2, -0.15) is 9.78 Å². The van der Waals surface area contributed by atoms with Crippen molar-refractivity contribution in [2.75, 3.05) is 0 Å². The minimum atomic E-state index is -0.371. The molecule has 1 aromatic carbocycles. The van der Waals surface area contributed by atoms with Crippen molar-refractivity contribution in [2.24, 2.45) is 17.8 Å². The summed E-state index contributed by atoms with van der Waals surface area (Å²) in [5, 5.41) is 0.174. The van der Waals surface area contributed by atoms with Crippen molar-refractivity contribution in [3.8, 4) is 0 Å². The highest BCUT2D eigenvalue weighted by molar-refractivity contribution is 6.30. The summed E-state index contributed by atoms with van der Waals surface area (Å²) >= 11 is 5.85. The fourth-order valence-corrected chi connectivity index (χ4v) is 5.23. The maximum Gasteiger partial charge on any atom is 0.224 e. The van der Waals surface area contributed by atoms with E-state index >= 15 is 0 Å². The van der Waals surface area contributed by atoms with E-state index in [9.17, 15) is 4.39 Å². The van der Waals surface area contributed by atoms with Gasteiger partial charge in [-0.25, -0.2) is 4.39 Å². The number of hydrogen-bond donors (Lipinski definition) is 0. The molecule has 0 aromatic heterocycles. The van der Waals surface area contributed by atoms with E-state index in [-0.39, 0.29) is 17.1 Å². The Balaban J connectivity index is 1.14. The van der Waals surface area contributed by atoms with E-state index in [1.54, 1.807) is 12.1 Å². The van der Waals surface area contributed by atoms with Crippen LogP contribution in [0.3, 0.4) is 0 Å². The van der Waals surface area contributed by atoms with Gasteiger partial charge in [0.25, 0.3) is 0 Å². The maximum atomic E-state index is 13.2. The fraction of sp³-hybridized carbons (Fsp3) is 0.727. The van der Waals surface area contributed by atoms with Gasteiger partial charge < -0.3 is 4.74 Å². The molecular weight excluding hydrogens is 367 g/mol. The molecule has 27 heavy (non-hydrogen) atoms. The quantitative estimate of drug-likeness (QED) is 0.393. The van der Waals surface area contributed by atoms with Crippen LogP contribution < -0.4 is 0 Å². The molecule has 0 atom stereocenters. The third-order valence-corrected chi connectivity index (χ3v) is 7.08. The number of halogens is 2. The van der Waals surface area contributed by atoms with Gasteiger partial charge in [-0.1, -0.05) is 30.5 Å². The van der Waals surface area contributed by atoms with Crippen LogP contribution in [0.1, 0.15) is 69.8 Å². The predicted octanol–water partition coefficient (Wildman–Crippen LogP) is 6.43. The van der Waals surface area contributed by atoms with Gasteiger partial charge in [-0.3, -0.25) is 0 Å². The summed E-state index contributed by atoms with van der Waals surface area (Å²) in [5.41, 5.74) is 0.948. The van der Waals surface area contributed by atoms with Crippen molar-refractivity contribution < 1.29 is 18.9 Å². The zero-order valence-electron chi connectivity index (χ0n) is 15.9. The second-order valence-corrected chi connectivity index (χ2v) is 8.98. The summed E-state index contributed by atoms with van der Waals surface area (Å²) in [7, 11) is 0. The molecule has 1 aromatic rings. The Morgan fingerprint density at radius 3 is 2.22 bits per heavy atom. The maximum absolute atomic E-state index is 13.2. The molecule has 1 heterocycles. The average Bonchev–Trinajstić information content (AvgIpc) is 3.53. The van der Waals surface area contributed by atoms with Gasteiger partial charge in [0.05, 0.1) is 17.7 Å². The SMILES string of the molecule is Fc1ccc(COC2CCC(C3CCC(CCC4OO4)CC3)CC2)cc1Cl. The van der Waals surface area contributed by atoms with Crippen molar-refractivity contribution in [1.82, 2.24) is 0 Å². The summed E-state index contributed by atoms with van der Waals surface area (Å²) in [6, 6.07) is 4.84. The topological polar surface area (TPSA) is 34.3 Å². The van der Waals surface area contributed by atoms with Gasteiger partial charge in [0.15, 0.2) is 0 Å². The fourth-order valence-electron chi connectivity index (χ4n) is 5.03. The van der Waals surface area contributed by atoms with Crippen molar-refractivity contribution in [3.63, 3.8) is 0 Å². The zero-order chi connectivity index (χ0) is 18.6. The second kappa shape index (κ2) is 9.21. The number of ether oxygens (including phenoxy) is 1. The molecule has 0 bridgehead atoms. The Labute approximate surface area is 166 Å². The van der Waals surface area contributed by atoms with Crippen LogP contribution in [0.4, 0.5) is 4.39 Å². The molecule has 5 heteroatoms. The predicted molar refractivity (Wildman–Crippen MR) is 103 cm³/mol. The van der Waals surface area contributed by atoms with E-state index in [0.29, 0.717) is 12.7 Å². The lowest BCUT2D eigenvalue weighted by atomic mass is 9.70. The van der Waals surface area contributed by atoms with Crippen molar-refractivity contribution >= 4 is 11.6 Å². The van der Waals surface area contributed by atoms with E-state index in [2.05, 4.69) is 0 Å². The largest absolute Gasteiger partial charge is 0.374 e. The molecule has 0 amide bonds. The number of benzene rings is 1. The van der Waals surface area contributed by atoms with E-state index in [4.69, 9.17) is 26.1 Å². The zero-order valence-corrected chi connectivity index (χ0v) is 16.6. The van der Waals surface area contributed by atoms with Gasteiger partial charge in [0.2, 0.25) is 6.29 Å². The van der Waals surface area contributed by atoms with E-state index in [1.165, 1.54) is 51.0 Å². The Hall–Kier alpha value is -0.680. The van der Waals surface area contributed by atoms with Gasteiger partial charge in [0, 0.05) is 6.42 Å². The van der Waals surface area contributed by atoms with E-state index in [1.807, 2.05) is 0 Å². The van der Waals surface area contributed by atoms with Crippen LogP contribution in [0.5, 0.6) is 0 Å². The normalized spacial score (nSPS) is 31.8. The Morgan fingerprint density at radius 1 is 0.926 bits per heavy atom. The molecule has 3 fully saturated rings. The molecular formula is C22H30ClFO3. The number of hydrogen-bond acceptors (Lipinski definition) is 3. The van der Waals surface area contributed by atoms with Crippen LogP contribution in [0.25, 0.3) is 0 Å². The molecule has 1 saturated heterocycles. The molecule has 0 spiro atoms. The summed E-state index contributed by atoms with van der Waals surface area (Å²) < 4.78 is 19.3. The summed E-state index contributed by atoms with van der Waals surface area (Å²) in [5.74, 6) is 2.29. The Bertz CT molecular complexity index is 606. The third-order valence-electron chi connectivity index (χ3n) is 6.79. The molecule has 4 rings (SSSR count). The average molecular weight is 397 g/mol. The summed E-state index contributed by atoms with van der Waals surface area (Å²) in [6.07, 6.45) is 13.2. The van der Waals surface area contributed by atoms with Crippen LogP contribution in [0.15, 0.2) is 18.2 Å². The Kier molecular flexibility index (Phi) is 6.70. The van der Waals surface area contributed by atoms with Gasteiger partial charge in [0.1, 0.15) is 5.82 Å². The van der Waals surface area contributed by atoms with Crippen LogP contribution in [-0.4, -0.2) is 12.4 Å². The highest BCUT2D eigenvalue weighted by Gasteiger charge is 2.32. The highest BCUT2D eigenvalue weighted by atomic mass is 35.5. The summed E-state index contributed by atoms with van der Waals surface area (Å²) in [4.78, 5) is 9.70. The van der Waals surface area contributed by atoms with Crippen molar-refractivity contribution in [3.05, 3.63) is 34.6 Å². The third kappa shape index (κ3) is 5.66. The number of rotatable bonds is 7. The highest BCUT2D eigenvalue weighted by Crippen LogP contribution is 2.42. The second-order valence-electron chi connectivity index (χ2n) is 8.58. The van der Waals surface area contributed by atoms with E-state index in [0.717, 1.165) is 42.6 Å². The molecule has 1 aliphatic heterocycles. The van der Waals surface area contributed by atoms with Crippen LogP contribution in [0, 0.1) is 23.6 Å². The first-order valence-electron chi connectivity index (χ1n) is 10.5. The monoisotopic (exact) mass is 396 g/mol. The van der Waals surface area contributed by atoms with Crippen LogP contribution in [-0.2, 0) is 21.1 Å². The van der Waals surface area contributed by atoms with Crippen LogP contribution >= 0.6 is 11.6 Å². The lowest BCUT2D eigenvalue weighted by Gasteiger charge is -2.37.